The molecule has 0 saturated heterocycles. The van der Waals surface area contributed by atoms with E-state index < -0.39 is 0 Å². The minimum absolute atomic E-state index is 0.527. The predicted octanol–water partition coefficient (Wildman–Crippen LogP) is 3.79. The van der Waals surface area contributed by atoms with Gasteiger partial charge in [-0.3, -0.25) is 5.41 Å². The van der Waals surface area contributed by atoms with E-state index in [-0.39, 0.29) is 0 Å². The zero-order valence-electron chi connectivity index (χ0n) is 13.2. The van der Waals surface area contributed by atoms with E-state index >= 15 is 0 Å². The number of pyridine rings is 1. The van der Waals surface area contributed by atoms with Crippen LogP contribution in [0.3, 0.4) is 0 Å². The van der Waals surface area contributed by atoms with Gasteiger partial charge in [0.15, 0.2) is 0 Å². The SMILES string of the molecule is COc1ccc2c(=N)n(Cc3cc(C)cc(C)c3)ccc2c1. The molecule has 1 heterocycles. The summed E-state index contributed by atoms with van der Waals surface area (Å²) in [6.45, 7) is 4.92. The molecule has 3 nitrogen and oxygen atoms in total. The Bertz CT molecular complexity index is 873. The van der Waals surface area contributed by atoms with Crippen molar-refractivity contribution in [2.45, 2.75) is 20.4 Å². The Morgan fingerprint density at radius 2 is 1.73 bits per heavy atom. The second-order valence-corrected chi connectivity index (χ2v) is 5.74. The van der Waals surface area contributed by atoms with E-state index in [9.17, 15) is 0 Å². The van der Waals surface area contributed by atoms with E-state index in [2.05, 4.69) is 32.0 Å². The second-order valence-electron chi connectivity index (χ2n) is 5.74. The maximum atomic E-state index is 8.45. The average Bonchev–Trinajstić information content (AvgIpc) is 2.49. The maximum Gasteiger partial charge on any atom is 0.133 e. The van der Waals surface area contributed by atoms with Gasteiger partial charge in [0, 0.05) is 18.1 Å². The van der Waals surface area contributed by atoms with Crippen molar-refractivity contribution in [1.29, 1.82) is 5.41 Å². The number of aryl methyl sites for hydroxylation is 2. The summed E-state index contributed by atoms with van der Waals surface area (Å²) in [5, 5.41) is 10.4. The third-order valence-corrected chi connectivity index (χ3v) is 3.87. The van der Waals surface area contributed by atoms with Crippen LogP contribution in [-0.2, 0) is 6.54 Å². The summed E-state index contributed by atoms with van der Waals surface area (Å²) < 4.78 is 7.22. The van der Waals surface area contributed by atoms with E-state index in [1.165, 1.54) is 16.7 Å². The second kappa shape index (κ2) is 5.68. The summed E-state index contributed by atoms with van der Waals surface area (Å²) in [7, 11) is 1.66. The van der Waals surface area contributed by atoms with Gasteiger partial charge in [-0.1, -0.05) is 29.3 Å². The lowest BCUT2D eigenvalue weighted by Crippen LogP contribution is -2.20. The molecule has 0 spiro atoms. The molecule has 3 heteroatoms. The highest BCUT2D eigenvalue weighted by atomic mass is 16.5. The molecule has 3 rings (SSSR count). The van der Waals surface area contributed by atoms with Gasteiger partial charge in [0.2, 0.25) is 0 Å². The Kier molecular flexibility index (Phi) is 3.72. The molecule has 0 unspecified atom stereocenters. The number of aromatic nitrogens is 1. The molecule has 0 fully saturated rings. The van der Waals surface area contributed by atoms with Crippen LogP contribution in [0, 0.1) is 19.3 Å². The Hall–Kier alpha value is -2.55. The highest BCUT2D eigenvalue weighted by molar-refractivity contribution is 5.82. The number of hydrogen-bond donors (Lipinski definition) is 1. The van der Waals surface area contributed by atoms with Gasteiger partial charge in [-0.05, 0) is 49.1 Å². The van der Waals surface area contributed by atoms with Gasteiger partial charge < -0.3 is 9.30 Å². The van der Waals surface area contributed by atoms with Crippen LogP contribution in [0.5, 0.6) is 5.75 Å². The lowest BCUT2D eigenvalue weighted by Gasteiger charge is -2.11. The normalized spacial score (nSPS) is 10.9. The molecule has 112 valence electrons. The van der Waals surface area contributed by atoms with Crippen LogP contribution in [0.15, 0.2) is 48.7 Å². The summed E-state index contributed by atoms with van der Waals surface area (Å²) in [6.07, 6.45) is 1.97. The number of hydrogen-bond acceptors (Lipinski definition) is 2. The van der Waals surface area contributed by atoms with E-state index in [1.54, 1.807) is 7.11 Å². The van der Waals surface area contributed by atoms with Gasteiger partial charge >= 0.3 is 0 Å². The van der Waals surface area contributed by atoms with Crippen LogP contribution in [0.1, 0.15) is 16.7 Å². The third kappa shape index (κ3) is 2.75. The van der Waals surface area contributed by atoms with Crippen molar-refractivity contribution in [2.75, 3.05) is 7.11 Å². The number of fused-ring (bicyclic) bond motifs is 1. The van der Waals surface area contributed by atoms with Gasteiger partial charge in [0.05, 0.1) is 7.11 Å². The fourth-order valence-corrected chi connectivity index (χ4v) is 2.91. The van der Waals surface area contributed by atoms with Crippen molar-refractivity contribution >= 4 is 10.8 Å². The van der Waals surface area contributed by atoms with Crippen LogP contribution in [-0.4, -0.2) is 11.7 Å². The largest absolute Gasteiger partial charge is 0.497 e. The number of nitrogens with zero attached hydrogens (tertiary/aromatic N) is 1. The van der Waals surface area contributed by atoms with Gasteiger partial charge in [-0.15, -0.1) is 0 Å². The fourth-order valence-electron chi connectivity index (χ4n) is 2.91. The maximum absolute atomic E-state index is 8.45. The highest BCUT2D eigenvalue weighted by Gasteiger charge is 2.03. The molecule has 0 bridgehead atoms. The van der Waals surface area contributed by atoms with Crippen LogP contribution in [0.25, 0.3) is 10.8 Å². The van der Waals surface area contributed by atoms with Crippen molar-refractivity contribution in [3.63, 3.8) is 0 Å². The number of methoxy groups -OCH3 is 1. The highest BCUT2D eigenvalue weighted by Crippen LogP contribution is 2.18. The first-order valence-electron chi connectivity index (χ1n) is 7.36. The predicted molar refractivity (Wildman–Crippen MR) is 89.4 cm³/mol. The van der Waals surface area contributed by atoms with Crippen molar-refractivity contribution in [3.05, 3.63) is 70.8 Å². The smallest absolute Gasteiger partial charge is 0.133 e. The molecule has 0 atom stereocenters. The Morgan fingerprint density at radius 3 is 2.41 bits per heavy atom. The fraction of sp³-hybridized carbons (Fsp3) is 0.211. The van der Waals surface area contributed by atoms with Crippen molar-refractivity contribution < 1.29 is 4.74 Å². The lowest BCUT2D eigenvalue weighted by molar-refractivity contribution is 0.415. The van der Waals surface area contributed by atoms with Crippen molar-refractivity contribution in [2.24, 2.45) is 0 Å². The Labute approximate surface area is 130 Å². The summed E-state index contributed by atoms with van der Waals surface area (Å²) in [4.78, 5) is 0. The molecule has 1 aromatic heterocycles. The summed E-state index contributed by atoms with van der Waals surface area (Å²) in [6, 6.07) is 14.4. The molecule has 0 saturated carbocycles. The topological polar surface area (TPSA) is 38.0 Å². The molecule has 22 heavy (non-hydrogen) atoms. The Balaban J connectivity index is 2.04. The quantitative estimate of drug-likeness (QED) is 0.783. The molecular weight excluding hydrogens is 272 g/mol. The van der Waals surface area contributed by atoms with Crippen molar-refractivity contribution in [3.8, 4) is 5.75 Å². The molecule has 0 aliphatic heterocycles. The molecule has 0 aliphatic rings. The number of rotatable bonds is 3. The Morgan fingerprint density at radius 1 is 1.00 bits per heavy atom. The molecule has 0 radical (unpaired) electrons. The average molecular weight is 292 g/mol. The molecule has 1 N–H and O–H groups in total. The van der Waals surface area contributed by atoms with E-state index in [0.29, 0.717) is 12.0 Å². The first kappa shape index (κ1) is 14.4. The minimum Gasteiger partial charge on any atom is -0.497 e. The van der Waals surface area contributed by atoms with Gasteiger partial charge in [-0.25, -0.2) is 0 Å². The number of nitrogens with one attached hydrogen (secondary N) is 1. The number of ether oxygens (including phenoxy) is 1. The molecule has 3 aromatic rings. The van der Waals surface area contributed by atoms with Crippen LogP contribution >= 0.6 is 0 Å². The summed E-state index contributed by atoms with van der Waals surface area (Å²) >= 11 is 0. The zero-order chi connectivity index (χ0) is 15.7. The van der Waals surface area contributed by atoms with Crippen LogP contribution in [0.2, 0.25) is 0 Å². The van der Waals surface area contributed by atoms with E-state index in [1.807, 2.05) is 35.0 Å². The molecule has 0 aliphatic carbocycles. The molecular formula is C19H20N2O. The summed E-state index contributed by atoms with van der Waals surface area (Å²) in [5.74, 6) is 0.818. The number of benzene rings is 2. The monoisotopic (exact) mass is 292 g/mol. The van der Waals surface area contributed by atoms with Crippen molar-refractivity contribution in [1.82, 2.24) is 4.57 Å². The lowest BCUT2D eigenvalue weighted by atomic mass is 10.1. The van der Waals surface area contributed by atoms with E-state index in [0.717, 1.165) is 16.5 Å². The van der Waals surface area contributed by atoms with Crippen LogP contribution in [0.4, 0.5) is 0 Å². The standard InChI is InChI=1S/C19H20N2O/c1-13-8-14(2)10-15(9-13)12-21-7-6-16-11-17(22-3)4-5-18(16)19(21)20/h4-11,20H,12H2,1-3H3. The zero-order valence-corrected chi connectivity index (χ0v) is 13.2. The molecule has 2 aromatic carbocycles. The minimum atomic E-state index is 0.527. The van der Waals surface area contributed by atoms with Gasteiger partial charge in [0.1, 0.15) is 11.2 Å². The first-order chi connectivity index (χ1) is 10.6. The first-order valence-corrected chi connectivity index (χ1v) is 7.36. The van der Waals surface area contributed by atoms with Gasteiger partial charge in [-0.2, -0.15) is 0 Å². The third-order valence-electron chi connectivity index (χ3n) is 3.87. The molecule has 0 amide bonds. The summed E-state index contributed by atoms with van der Waals surface area (Å²) in [5.41, 5.74) is 4.27. The van der Waals surface area contributed by atoms with E-state index in [4.69, 9.17) is 10.1 Å². The van der Waals surface area contributed by atoms with Crippen LogP contribution < -0.4 is 10.2 Å². The van der Waals surface area contributed by atoms with Gasteiger partial charge in [0.25, 0.3) is 0 Å².